The summed E-state index contributed by atoms with van der Waals surface area (Å²) in [5, 5.41) is 35.6. The molecular formula is C14H23N3O8. The predicted molar refractivity (Wildman–Crippen MR) is 90.6 cm³/mol. The first-order valence-electron chi connectivity index (χ1n) is 6.71. The molecule has 0 atom stereocenters. The van der Waals surface area contributed by atoms with E-state index in [0.29, 0.717) is 13.1 Å². The van der Waals surface area contributed by atoms with Crippen LogP contribution >= 0.6 is 0 Å². The van der Waals surface area contributed by atoms with Gasteiger partial charge in [-0.1, -0.05) is 0 Å². The van der Waals surface area contributed by atoms with Gasteiger partial charge in [-0.05, 0) is 12.1 Å². The third kappa shape index (κ3) is 33.6. The lowest BCUT2D eigenvalue weighted by molar-refractivity contribution is -0.384. The zero-order valence-electron chi connectivity index (χ0n) is 14.1. The molecule has 1 aromatic carbocycles. The van der Waals surface area contributed by atoms with E-state index in [1.54, 1.807) is 12.1 Å². The second-order valence-electron chi connectivity index (χ2n) is 4.08. The van der Waals surface area contributed by atoms with Crippen LogP contribution < -0.4 is 11.1 Å². The molecule has 1 aromatic rings. The van der Waals surface area contributed by atoms with Crippen molar-refractivity contribution < 1.29 is 34.6 Å². The van der Waals surface area contributed by atoms with E-state index in [-0.39, 0.29) is 5.69 Å². The van der Waals surface area contributed by atoms with Crippen LogP contribution in [0.5, 0.6) is 0 Å². The SMILES string of the molecule is CC(=O)O.CC(=O)O.CC(=O)O.NCCNc1ccc([N+](=O)[O-])cc1. The number of hydrogen-bond donors (Lipinski definition) is 5. The topological polar surface area (TPSA) is 193 Å². The summed E-state index contributed by atoms with van der Waals surface area (Å²) in [5.41, 5.74) is 6.22. The molecular weight excluding hydrogens is 338 g/mol. The quantitative estimate of drug-likeness (QED) is 0.384. The Morgan fingerprint density at radius 2 is 1.32 bits per heavy atom. The molecule has 0 saturated carbocycles. The molecule has 0 heterocycles. The van der Waals surface area contributed by atoms with Crippen molar-refractivity contribution in [3.63, 3.8) is 0 Å². The average molecular weight is 361 g/mol. The number of nitrogens with two attached hydrogens (primary N) is 1. The fraction of sp³-hybridized carbons (Fsp3) is 0.357. The molecule has 11 nitrogen and oxygen atoms in total. The summed E-state index contributed by atoms with van der Waals surface area (Å²) >= 11 is 0. The molecule has 0 bridgehead atoms. The highest BCUT2D eigenvalue weighted by molar-refractivity contribution is 5.63. The highest BCUT2D eigenvalue weighted by atomic mass is 16.6. The van der Waals surface area contributed by atoms with E-state index >= 15 is 0 Å². The minimum atomic E-state index is -0.833. The van der Waals surface area contributed by atoms with Crippen LogP contribution in [-0.4, -0.2) is 51.2 Å². The minimum Gasteiger partial charge on any atom is -0.481 e. The Labute approximate surface area is 144 Å². The van der Waals surface area contributed by atoms with Gasteiger partial charge in [0, 0.05) is 51.7 Å². The number of benzene rings is 1. The number of nitro groups is 1. The van der Waals surface area contributed by atoms with Crippen LogP contribution in [0.3, 0.4) is 0 Å². The van der Waals surface area contributed by atoms with Crippen molar-refractivity contribution in [2.45, 2.75) is 20.8 Å². The third-order valence-corrected chi connectivity index (χ3v) is 1.55. The number of aliphatic carboxylic acids is 3. The first-order valence-corrected chi connectivity index (χ1v) is 6.71. The van der Waals surface area contributed by atoms with Gasteiger partial charge in [0.1, 0.15) is 0 Å². The normalized spacial score (nSPS) is 8.00. The number of nitrogens with one attached hydrogen (secondary N) is 1. The van der Waals surface area contributed by atoms with Gasteiger partial charge >= 0.3 is 0 Å². The zero-order chi connectivity index (χ0) is 20.4. The molecule has 0 unspecified atom stereocenters. The maximum absolute atomic E-state index is 10.3. The summed E-state index contributed by atoms with van der Waals surface area (Å²) in [6.07, 6.45) is 0. The van der Waals surface area contributed by atoms with Crippen LogP contribution in [-0.2, 0) is 14.4 Å². The maximum atomic E-state index is 10.3. The smallest absolute Gasteiger partial charge is 0.300 e. The molecule has 1 rings (SSSR count). The lowest BCUT2D eigenvalue weighted by atomic mass is 10.3. The number of carbonyl (C=O) groups is 3. The lowest BCUT2D eigenvalue weighted by Gasteiger charge is -2.02. The van der Waals surface area contributed by atoms with Crippen LogP contribution in [0.2, 0.25) is 0 Å². The van der Waals surface area contributed by atoms with Crippen LogP contribution in [0.1, 0.15) is 20.8 Å². The van der Waals surface area contributed by atoms with Gasteiger partial charge in [0.25, 0.3) is 23.6 Å². The van der Waals surface area contributed by atoms with Crippen LogP contribution in [0.25, 0.3) is 0 Å². The Balaban J connectivity index is -0.000000333. The molecule has 0 fully saturated rings. The summed E-state index contributed by atoms with van der Waals surface area (Å²) in [5.74, 6) is -2.50. The van der Waals surface area contributed by atoms with E-state index < -0.39 is 22.8 Å². The van der Waals surface area contributed by atoms with Gasteiger partial charge in [-0.25, -0.2) is 0 Å². The Bertz CT molecular complexity index is 491. The first kappa shape index (κ1) is 26.7. The van der Waals surface area contributed by atoms with E-state index in [9.17, 15) is 10.1 Å². The molecule has 0 aliphatic carbocycles. The number of anilines is 1. The molecule has 0 amide bonds. The second-order valence-corrected chi connectivity index (χ2v) is 4.08. The van der Waals surface area contributed by atoms with Gasteiger partial charge in [0.15, 0.2) is 0 Å². The van der Waals surface area contributed by atoms with Crippen LogP contribution in [0, 0.1) is 10.1 Å². The number of non-ortho nitro benzene ring substituents is 1. The summed E-state index contributed by atoms with van der Waals surface area (Å²) in [7, 11) is 0. The molecule has 0 saturated heterocycles. The van der Waals surface area contributed by atoms with Gasteiger partial charge in [-0.15, -0.1) is 0 Å². The van der Waals surface area contributed by atoms with E-state index in [1.165, 1.54) is 12.1 Å². The number of carboxylic acid groups (broad SMARTS) is 3. The Kier molecular flexibility index (Phi) is 18.3. The van der Waals surface area contributed by atoms with E-state index in [1.807, 2.05) is 0 Å². The molecule has 11 heteroatoms. The molecule has 0 aliphatic rings. The van der Waals surface area contributed by atoms with E-state index in [2.05, 4.69) is 5.32 Å². The molecule has 0 aromatic heterocycles. The highest BCUT2D eigenvalue weighted by Gasteiger charge is 2.02. The Morgan fingerprint density at radius 1 is 1.00 bits per heavy atom. The first-order chi connectivity index (χ1) is 11.4. The third-order valence-electron chi connectivity index (χ3n) is 1.55. The zero-order valence-corrected chi connectivity index (χ0v) is 14.1. The van der Waals surface area contributed by atoms with Crippen LogP contribution in [0.4, 0.5) is 11.4 Å². The molecule has 6 N–H and O–H groups in total. The van der Waals surface area contributed by atoms with Crippen molar-refractivity contribution in [2.75, 3.05) is 18.4 Å². The fourth-order valence-corrected chi connectivity index (χ4v) is 0.918. The average Bonchev–Trinajstić information content (AvgIpc) is 2.43. The number of rotatable bonds is 4. The Morgan fingerprint density at radius 3 is 1.56 bits per heavy atom. The molecule has 25 heavy (non-hydrogen) atoms. The second kappa shape index (κ2) is 17.1. The highest BCUT2D eigenvalue weighted by Crippen LogP contribution is 2.14. The van der Waals surface area contributed by atoms with E-state index in [0.717, 1.165) is 26.5 Å². The van der Waals surface area contributed by atoms with E-state index in [4.69, 9.17) is 35.4 Å². The molecule has 0 radical (unpaired) electrons. The van der Waals surface area contributed by atoms with Crippen molar-refractivity contribution in [2.24, 2.45) is 5.73 Å². The number of nitrogens with zero attached hydrogens (tertiary/aromatic N) is 1. The number of hydrogen-bond acceptors (Lipinski definition) is 7. The molecule has 0 aliphatic heterocycles. The summed E-state index contributed by atoms with van der Waals surface area (Å²) in [4.78, 5) is 36.9. The lowest BCUT2D eigenvalue weighted by Crippen LogP contribution is -2.12. The monoisotopic (exact) mass is 361 g/mol. The van der Waals surface area contributed by atoms with Gasteiger partial charge in [-0.3, -0.25) is 24.5 Å². The fourth-order valence-electron chi connectivity index (χ4n) is 0.918. The molecule has 0 spiro atoms. The molecule has 142 valence electrons. The van der Waals surface area contributed by atoms with Crippen molar-refractivity contribution in [1.29, 1.82) is 0 Å². The number of nitro benzene ring substituents is 1. The predicted octanol–water partition coefficient (Wildman–Crippen LogP) is 1.24. The Hall–Kier alpha value is -3.21. The summed E-state index contributed by atoms with van der Waals surface area (Å²) in [6.45, 7) is 4.45. The summed E-state index contributed by atoms with van der Waals surface area (Å²) < 4.78 is 0. The van der Waals surface area contributed by atoms with Gasteiger partial charge < -0.3 is 26.4 Å². The minimum absolute atomic E-state index is 0.0956. The van der Waals surface area contributed by atoms with Gasteiger partial charge in [0.05, 0.1) is 4.92 Å². The van der Waals surface area contributed by atoms with Crippen molar-refractivity contribution in [1.82, 2.24) is 0 Å². The van der Waals surface area contributed by atoms with Crippen molar-refractivity contribution >= 4 is 29.3 Å². The largest absolute Gasteiger partial charge is 0.481 e. The van der Waals surface area contributed by atoms with Crippen molar-refractivity contribution in [3.05, 3.63) is 34.4 Å². The standard InChI is InChI=1S/C8H11N3O2.3C2H4O2/c9-5-6-10-7-1-3-8(4-2-7)11(12)13;3*1-2(3)4/h1-4,10H,5-6,9H2;3*1H3,(H,3,4). The number of carboxylic acids is 3. The van der Waals surface area contributed by atoms with Crippen molar-refractivity contribution in [3.8, 4) is 0 Å². The maximum Gasteiger partial charge on any atom is 0.300 e. The summed E-state index contributed by atoms with van der Waals surface area (Å²) in [6, 6.07) is 6.24. The van der Waals surface area contributed by atoms with Gasteiger partial charge in [-0.2, -0.15) is 0 Å². The van der Waals surface area contributed by atoms with Crippen LogP contribution in [0.15, 0.2) is 24.3 Å². The van der Waals surface area contributed by atoms with Gasteiger partial charge in [0.2, 0.25) is 0 Å².